The average molecular weight is 301 g/mol. The second-order valence-electron chi connectivity index (χ2n) is 5.10. The van der Waals surface area contributed by atoms with E-state index in [4.69, 9.17) is 10.5 Å². The predicted octanol–water partition coefficient (Wildman–Crippen LogP) is 4.26. The van der Waals surface area contributed by atoms with E-state index >= 15 is 0 Å². The Kier molecular flexibility index (Phi) is 3.91. The summed E-state index contributed by atoms with van der Waals surface area (Å²) in [6.07, 6.45) is 3.39. The van der Waals surface area contributed by atoms with E-state index in [1.807, 2.05) is 47.2 Å². The van der Waals surface area contributed by atoms with Crippen LogP contribution in [0.3, 0.4) is 0 Å². The number of rotatable bonds is 3. The maximum atomic E-state index is 13.9. The highest BCUT2D eigenvalue weighted by molar-refractivity contribution is 5.90. The number of fused-ring (bicyclic) bond motifs is 1. The van der Waals surface area contributed by atoms with Gasteiger partial charge in [-0.15, -0.1) is 0 Å². The number of halogens is 1. The smallest absolute Gasteiger partial charge is 0.130 e. The molecule has 3 rings (SSSR count). The largest absolute Gasteiger partial charge is 0.342 e. The fourth-order valence-corrected chi connectivity index (χ4v) is 2.58. The van der Waals surface area contributed by atoms with Crippen LogP contribution in [-0.4, -0.2) is 4.57 Å². The summed E-state index contributed by atoms with van der Waals surface area (Å²) in [4.78, 5) is 0. The molecule has 0 unspecified atom stereocenters. The minimum absolute atomic E-state index is 0.0406. The lowest BCUT2D eigenvalue weighted by Gasteiger charge is -2.06. The maximum Gasteiger partial charge on any atom is 0.130 e. The van der Waals surface area contributed by atoms with Gasteiger partial charge in [-0.25, -0.2) is 4.39 Å². The van der Waals surface area contributed by atoms with E-state index in [1.165, 1.54) is 6.07 Å². The van der Waals surface area contributed by atoms with Crippen molar-refractivity contribution in [1.29, 1.82) is 10.5 Å². The second-order valence-corrected chi connectivity index (χ2v) is 5.10. The highest BCUT2D eigenvalue weighted by Crippen LogP contribution is 2.24. The molecule has 0 N–H and O–H groups in total. The van der Waals surface area contributed by atoms with E-state index in [9.17, 15) is 4.39 Å². The quantitative estimate of drug-likeness (QED) is 0.679. The summed E-state index contributed by atoms with van der Waals surface area (Å²) in [5.74, 6) is -0.253. The van der Waals surface area contributed by atoms with Gasteiger partial charge >= 0.3 is 0 Å². The molecule has 0 aliphatic rings. The number of para-hydroxylation sites is 1. The zero-order chi connectivity index (χ0) is 16.2. The monoisotopic (exact) mass is 301 g/mol. The normalized spacial score (nSPS) is 10.0. The Labute approximate surface area is 133 Å². The molecule has 0 radical (unpaired) electrons. The Morgan fingerprint density at radius 3 is 2.48 bits per heavy atom. The van der Waals surface area contributed by atoms with Gasteiger partial charge < -0.3 is 4.57 Å². The first-order valence-corrected chi connectivity index (χ1v) is 7.06. The summed E-state index contributed by atoms with van der Waals surface area (Å²) >= 11 is 0. The van der Waals surface area contributed by atoms with Crippen LogP contribution in [0.5, 0.6) is 0 Å². The van der Waals surface area contributed by atoms with Gasteiger partial charge in [0.2, 0.25) is 0 Å². The molecule has 0 bridgehead atoms. The van der Waals surface area contributed by atoms with Gasteiger partial charge in [-0.05, 0) is 18.2 Å². The summed E-state index contributed by atoms with van der Waals surface area (Å²) in [6, 6.07) is 18.0. The lowest BCUT2D eigenvalue weighted by atomic mass is 10.1. The van der Waals surface area contributed by atoms with E-state index < -0.39 is 0 Å². The van der Waals surface area contributed by atoms with Crippen LogP contribution in [0, 0.1) is 28.5 Å². The summed E-state index contributed by atoms with van der Waals surface area (Å²) in [6.45, 7) is 0.384. The molecule has 4 heteroatoms. The number of hydrogen-bond donors (Lipinski definition) is 0. The van der Waals surface area contributed by atoms with Crippen molar-refractivity contribution in [3.8, 4) is 12.1 Å². The minimum Gasteiger partial charge on any atom is -0.342 e. The second kappa shape index (κ2) is 6.17. The fourth-order valence-electron chi connectivity index (χ4n) is 2.58. The molecule has 0 fully saturated rings. The van der Waals surface area contributed by atoms with Crippen molar-refractivity contribution in [2.24, 2.45) is 0 Å². The first-order chi connectivity index (χ1) is 11.2. The number of nitrogens with zero attached hydrogens (tertiary/aromatic N) is 3. The summed E-state index contributed by atoms with van der Waals surface area (Å²) in [7, 11) is 0. The SMILES string of the molecule is N#CC(C#N)=Cc1cn(Cc2ccccc2F)c2ccccc12. The molecule has 1 aromatic heterocycles. The van der Waals surface area contributed by atoms with Crippen LogP contribution in [0.15, 0.2) is 60.3 Å². The van der Waals surface area contributed by atoms with Crippen LogP contribution >= 0.6 is 0 Å². The molecule has 0 atom stereocenters. The molecule has 0 aliphatic heterocycles. The molecule has 3 nitrogen and oxygen atoms in total. The van der Waals surface area contributed by atoms with Crippen molar-refractivity contribution in [2.75, 3.05) is 0 Å². The van der Waals surface area contributed by atoms with Crippen molar-refractivity contribution in [1.82, 2.24) is 4.57 Å². The molecule has 23 heavy (non-hydrogen) atoms. The zero-order valence-electron chi connectivity index (χ0n) is 12.2. The van der Waals surface area contributed by atoms with Gasteiger partial charge in [-0.1, -0.05) is 36.4 Å². The van der Waals surface area contributed by atoms with Crippen molar-refractivity contribution >= 4 is 17.0 Å². The van der Waals surface area contributed by atoms with Gasteiger partial charge in [0.25, 0.3) is 0 Å². The Morgan fingerprint density at radius 1 is 1.04 bits per heavy atom. The Balaban J connectivity index is 2.13. The third-order valence-electron chi connectivity index (χ3n) is 3.66. The van der Waals surface area contributed by atoms with Crippen molar-refractivity contribution in [2.45, 2.75) is 6.54 Å². The van der Waals surface area contributed by atoms with Crippen LogP contribution in [0.1, 0.15) is 11.1 Å². The molecule has 2 aromatic carbocycles. The number of benzene rings is 2. The minimum atomic E-state index is -0.253. The lowest BCUT2D eigenvalue weighted by Crippen LogP contribution is -2.00. The number of allylic oxidation sites excluding steroid dienone is 1. The van der Waals surface area contributed by atoms with Crippen molar-refractivity contribution in [3.05, 3.63) is 77.2 Å². The number of hydrogen-bond acceptors (Lipinski definition) is 2. The number of nitriles is 2. The topological polar surface area (TPSA) is 52.5 Å². The Morgan fingerprint density at radius 2 is 1.74 bits per heavy atom. The van der Waals surface area contributed by atoms with E-state index in [0.717, 1.165) is 16.5 Å². The molecular formula is C19H12FN3. The third-order valence-corrected chi connectivity index (χ3v) is 3.66. The molecular weight excluding hydrogens is 289 g/mol. The first-order valence-electron chi connectivity index (χ1n) is 7.06. The van der Waals surface area contributed by atoms with Crippen molar-refractivity contribution in [3.63, 3.8) is 0 Å². The molecule has 110 valence electrons. The maximum absolute atomic E-state index is 13.9. The highest BCUT2D eigenvalue weighted by atomic mass is 19.1. The van der Waals surface area contributed by atoms with E-state index in [0.29, 0.717) is 12.1 Å². The molecule has 0 saturated heterocycles. The average Bonchev–Trinajstić information content (AvgIpc) is 2.92. The summed E-state index contributed by atoms with van der Waals surface area (Å²) in [5, 5.41) is 18.8. The van der Waals surface area contributed by atoms with Crippen LogP contribution in [-0.2, 0) is 6.54 Å². The van der Waals surface area contributed by atoms with Gasteiger partial charge in [0.05, 0.1) is 6.54 Å². The van der Waals surface area contributed by atoms with Crippen molar-refractivity contribution < 1.29 is 4.39 Å². The van der Waals surface area contributed by atoms with E-state index in [1.54, 1.807) is 24.3 Å². The van der Waals surface area contributed by atoms with E-state index in [-0.39, 0.29) is 11.4 Å². The molecule has 1 heterocycles. The Bertz CT molecular complexity index is 968. The summed E-state index contributed by atoms with van der Waals surface area (Å²) in [5.41, 5.74) is 2.33. The third kappa shape index (κ3) is 2.84. The van der Waals surface area contributed by atoms with Crippen LogP contribution < -0.4 is 0 Å². The first kappa shape index (κ1) is 14.6. The molecule has 0 spiro atoms. The van der Waals surface area contributed by atoms with Crippen LogP contribution in [0.2, 0.25) is 0 Å². The van der Waals surface area contributed by atoms with E-state index in [2.05, 4.69) is 0 Å². The predicted molar refractivity (Wildman–Crippen MR) is 86.6 cm³/mol. The van der Waals surface area contributed by atoms with Gasteiger partial charge in [-0.2, -0.15) is 10.5 Å². The molecule has 0 saturated carbocycles. The highest BCUT2D eigenvalue weighted by Gasteiger charge is 2.09. The van der Waals surface area contributed by atoms with Gasteiger partial charge in [-0.3, -0.25) is 0 Å². The van der Waals surface area contributed by atoms with Gasteiger partial charge in [0.1, 0.15) is 23.5 Å². The van der Waals surface area contributed by atoms with Crippen LogP contribution in [0.25, 0.3) is 17.0 Å². The lowest BCUT2D eigenvalue weighted by molar-refractivity contribution is 0.602. The van der Waals surface area contributed by atoms with Gasteiger partial charge in [0.15, 0.2) is 0 Å². The standard InChI is InChI=1S/C19H12FN3/c20-18-7-3-1-5-15(18)12-23-13-16(9-14(10-21)11-22)17-6-2-4-8-19(17)23/h1-9,13H,12H2. The summed E-state index contributed by atoms with van der Waals surface area (Å²) < 4.78 is 15.8. The van der Waals surface area contributed by atoms with Crippen LogP contribution in [0.4, 0.5) is 4.39 Å². The number of aromatic nitrogens is 1. The zero-order valence-corrected chi connectivity index (χ0v) is 12.2. The molecule has 3 aromatic rings. The molecule has 0 amide bonds. The molecule has 0 aliphatic carbocycles. The Hall–Kier alpha value is -3.37. The fraction of sp³-hybridized carbons (Fsp3) is 0.0526. The van der Waals surface area contributed by atoms with Gasteiger partial charge in [0, 0.05) is 28.2 Å².